The minimum absolute atomic E-state index is 0.0475. The molecule has 7 heteroatoms. The summed E-state index contributed by atoms with van der Waals surface area (Å²) >= 11 is 0. The van der Waals surface area contributed by atoms with Crippen molar-refractivity contribution < 1.29 is 24.6 Å². The lowest BCUT2D eigenvalue weighted by Crippen LogP contribution is -2.07. The number of aryl methyl sites for hydroxylation is 1. The van der Waals surface area contributed by atoms with E-state index in [-0.39, 0.29) is 12.6 Å². The van der Waals surface area contributed by atoms with Crippen LogP contribution in [0.1, 0.15) is 96.0 Å². The van der Waals surface area contributed by atoms with Gasteiger partial charge in [0.15, 0.2) is 0 Å². The van der Waals surface area contributed by atoms with Gasteiger partial charge >= 0.3 is 5.97 Å². The maximum absolute atomic E-state index is 11.2. The van der Waals surface area contributed by atoms with Crippen LogP contribution in [-0.4, -0.2) is 36.5 Å². The van der Waals surface area contributed by atoms with E-state index >= 15 is 0 Å². The molecule has 0 amide bonds. The Morgan fingerprint density at radius 3 is 2.37 bits per heavy atom. The average molecular weight is 494 g/mol. The van der Waals surface area contributed by atoms with Crippen molar-refractivity contribution in [1.29, 1.82) is 0 Å². The lowest BCUT2D eigenvalue weighted by atomic mass is 9.98. The van der Waals surface area contributed by atoms with Crippen molar-refractivity contribution in [2.45, 2.75) is 96.8 Å². The van der Waals surface area contributed by atoms with E-state index in [4.69, 9.17) is 9.84 Å². The number of allylic oxidation sites excluding steroid dienone is 2. The van der Waals surface area contributed by atoms with Crippen LogP contribution in [0, 0.1) is 16.0 Å². The van der Waals surface area contributed by atoms with E-state index in [1.54, 1.807) is 0 Å². The van der Waals surface area contributed by atoms with Crippen LogP contribution in [0.4, 0.5) is 0 Å². The molecular formula is C28H47NO6. The molecule has 0 saturated heterocycles. The normalized spacial score (nSPS) is 12.9. The highest BCUT2D eigenvalue weighted by Gasteiger charge is 2.13. The quantitative estimate of drug-likeness (QED) is 0.0888. The Kier molecular flexibility index (Phi) is 23.0. The molecule has 200 valence electrons. The number of carbonyl (C=O) groups excluding carboxylic acids is 1. The van der Waals surface area contributed by atoms with Gasteiger partial charge < -0.3 is 14.7 Å². The van der Waals surface area contributed by atoms with Crippen LogP contribution in [0.5, 0.6) is 0 Å². The van der Waals surface area contributed by atoms with Crippen LogP contribution in [0.25, 0.3) is 0 Å². The summed E-state index contributed by atoms with van der Waals surface area (Å²) in [5, 5.41) is 16.0. The monoisotopic (exact) mass is 493 g/mol. The number of carbonyl (C=O) groups is 1. The van der Waals surface area contributed by atoms with E-state index in [0.29, 0.717) is 25.9 Å². The first kappa shape index (κ1) is 32.6. The molecule has 1 N–H and O–H groups in total. The zero-order valence-corrected chi connectivity index (χ0v) is 21.9. The Labute approximate surface area is 212 Å². The van der Waals surface area contributed by atoms with Crippen molar-refractivity contribution >= 4 is 5.97 Å². The number of esters is 1. The third-order valence-electron chi connectivity index (χ3n) is 5.88. The summed E-state index contributed by atoms with van der Waals surface area (Å²) < 4.78 is 4.94. The minimum atomic E-state index is -0.826. The number of aliphatic hydroxyl groups is 1. The zero-order chi connectivity index (χ0) is 26.0. The number of benzene rings is 1. The van der Waals surface area contributed by atoms with Crippen LogP contribution in [0.3, 0.4) is 0 Å². The fourth-order valence-electron chi connectivity index (χ4n) is 4.01. The number of unbranched alkanes of at least 4 members (excludes halogenated alkanes) is 4. The summed E-state index contributed by atoms with van der Waals surface area (Å²) in [6, 6.07) is 10.9. The Morgan fingerprint density at radius 2 is 1.71 bits per heavy atom. The summed E-state index contributed by atoms with van der Waals surface area (Å²) in [6.45, 7) is 2.28. The zero-order valence-electron chi connectivity index (χ0n) is 21.9. The summed E-state index contributed by atoms with van der Waals surface area (Å²) in [5.74, 6) is 0.862. The second-order valence-electron chi connectivity index (χ2n) is 8.68. The van der Waals surface area contributed by atoms with E-state index < -0.39 is 5.09 Å². The Bertz CT molecular complexity index is 644. The number of nitrogens with zero attached hydrogens (tertiary/aromatic N) is 1. The molecule has 7 nitrogen and oxygen atoms in total. The highest BCUT2D eigenvalue weighted by molar-refractivity contribution is 5.69. The third kappa shape index (κ3) is 21.8. The van der Waals surface area contributed by atoms with Crippen LogP contribution < -0.4 is 0 Å². The van der Waals surface area contributed by atoms with Crippen LogP contribution in [0.15, 0.2) is 42.5 Å². The minimum Gasteiger partial charge on any atom is -0.466 e. The number of rotatable bonds is 16. The van der Waals surface area contributed by atoms with Crippen LogP contribution in [-0.2, 0) is 20.8 Å². The van der Waals surface area contributed by atoms with E-state index in [2.05, 4.69) is 35.2 Å². The van der Waals surface area contributed by atoms with Crippen molar-refractivity contribution in [2.24, 2.45) is 5.92 Å². The topological polar surface area (TPSA) is 98.9 Å². The van der Waals surface area contributed by atoms with E-state index in [1.165, 1.54) is 63.4 Å². The highest BCUT2D eigenvalue weighted by Crippen LogP contribution is 2.29. The molecule has 0 bridgehead atoms. The molecule has 0 heterocycles. The largest absolute Gasteiger partial charge is 0.466 e. The molecule has 0 aliphatic heterocycles. The molecule has 0 aromatic heterocycles. The SMILES string of the molecule is C/C=C\CCCC(=O)OCCCCO[N+](=O)[O-].CO.c1ccc(CCCCCC2CCCC2)cc1. The molecule has 0 radical (unpaired) electrons. The van der Waals surface area contributed by atoms with Crippen molar-refractivity contribution in [2.75, 3.05) is 20.3 Å². The molecule has 1 aromatic carbocycles. The van der Waals surface area contributed by atoms with Gasteiger partial charge in [0.05, 0.1) is 13.2 Å². The lowest BCUT2D eigenvalue weighted by molar-refractivity contribution is -0.757. The van der Waals surface area contributed by atoms with Gasteiger partial charge in [-0.15, -0.1) is 10.1 Å². The van der Waals surface area contributed by atoms with Crippen molar-refractivity contribution in [3.05, 3.63) is 58.2 Å². The first-order chi connectivity index (χ1) is 17.1. The van der Waals surface area contributed by atoms with Gasteiger partial charge in [0.2, 0.25) is 0 Å². The van der Waals surface area contributed by atoms with Gasteiger partial charge in [-0.05, 0) is 56.9 Å². The van der Waals surface area contributed by atoms with Gasteiger partial charge in [0.1, 0.15) is 0 Å². The Hall–Kier alpha value is -2.41. The van der Waals surface area contributed by atoms with Crippen LogP contribution in [0.2, 0.25) is 0 Å². The Balaban J connectivity index is 0.000000617. The fraction of sp³-hybridized carbons (Fsp3) is 0.679. The molecule has 1 saturated carbocycles. The smallest absolute Gasteiger partial charge is 0.305 e. The number of hydrogen-bond donors (Lipinski definition) is 1. The molecular weight excluding hydrogens is 446 g/mol. The van der Waals surface area contributed by atoms with Crippen molar-refractivity contribution in [3.8, 4) is 0 Å². The van der Waals surface area contributed by atoms with E-state index in [9.17, 15) is 14.9 Å². The van der Waals surface area contributed by atoms with Crippen molar-refractivity contribution in [1.82, 2.24) is 0 Å². The standard InChI is InChI=1S/C16H24.C11H19NO5.CH4O/c1-3-9-15(10-4-1)11-5-2-6-12-16-13-7-8-14-16;1-2-3-4-5-8-11(13)16-9-6-7-10-17-12(14)15;1-2/h1,3-4,9-10,16H,2,5-8,11-14H2;2-3H,4-10H2,1H3;2H,1H3/b;3-2-;. The molecule has 1 aromatic rings. The molecule has 1 fully saturated rings. The summed E-state index contributed by atoms with van der Waals surface area (Å²) in [7, 11) is 1.00. The first-order valence-corrected chi connectivity index (χ1v) is 13.1. The Morgan fingerprint density at radius 1 is 1.03 bits per heavy atom. The molecule has 0 spiro atoms. The summed E-state index contributed by atoms with van der Waals surface area (Å²) in [6.07, 6.45) is 20.1. The lowest BCUT2D eigenvalue weighted by Gasteiger charge is -2.07. The third-order valence-corrected chi connectivity index (χ3v) is 5.88. The molecule has 1 aliphatic rings. The first-order valence-electron chi connectivity index (χ1n) is 13.1. The second-order valence-corrected chi connectivity index (χ2v) is 8.68. The predicted molar refractivity (Wildman–Crippen MR) is 141 cm³/mol. The highest BCUT2D eigenvalue weighted by atomic mass is 16.9. The molecule has 35 heavy (non-hydrogen) atoms. The number of ether oxygens (including phenoxy) is 1. The number of hydrogen-bond acceptors (Lipinski definition) is 6. The average Bonchev–Trinajstić information content (AvgIpc) is 3.39. The van der Waals surface area contributed by atoms with Gasteiger partial charge in [-0.3, -0.25) is 4.79 Å². The van der Waals surface area contributed by atoms with E-state index in [0.717, 1.165) is 25.9 Å². The predicted octanol–water partition coefficient (Wildman–Crippen LogP) is 6.85. The van der Waals surface area contributed by atoms with Crippen molar-refractivity contribution in [3.63, 3.8) is 0 Å². The molecule has 0 atom stereocenters. The van der Waals surface area contributed by atoms with Gasteiger partial charge in [-0.25, -0.2) is 0 Å². The summed E-state index contributed by atoms with van der Waals surface area (Å²) in [4.78, 5) is 25.1. The van der Waals surface area contributed by atoms with E-state index in [1.807, 2.05) is 19.1 Å². The fourth-order valence-corrected chi connectivity index (χ4v) is 4.01. The summed E-state index contributed by atoms with van der Waals surface area (Å²) in [5.41, 5.74) is 1.50. The number of aliphatic hydroxyl groups excluding tert-OH is 1. The maximum Gasteiger partial charge on any atom is 0.305 e. The van der Waals surface area contributed by atoms with Gasteiger partial charge in [0, 0.05) is 13.5 Å². The van der Waals surface area contributed by atoms with Crippen LogP contribution >= 0.6 is 0 Å². The second kappa shape index (κ2) is 24.7. The molecule has 0 unspecified atom stereocenters. The van der Waals surface area contributed by atoms with Gasteiger partial charge in [-0.2, -0.15) is 0 Å². The molecule has 2 rings (SSSR count). The maximum atomic E-state index is 11.2. The van der Waals surface area contributed by atoms with Gasteiger partial charge in [-0.1, -0.05) is 87.4 Å². The van der Waals surface area contributed by atoms with Gasteiger partial charge in [0.25, 0.3) is 5.09 Å². The molecule has 1 aliphatic carbocycles.